The van der Waals surface area contributed by atoms with Gasteiger partial charge in [0.2, 0.25) is 0 Å². The fourth-order valence-electron chi connectivity index (χ4n) is 2.43. The number of hydrogen-bond donors (Lipinski definition) is 3. The van der Waals surface area contributed by atoms with E-state index in [-0.39, 0.29) is 11.4 Å². The molecule has 3 rings (SSSR count). The first-order valence-electron chi connectivity index (χ1n) is 7.79. The summed E-state index contributed by atoms with van der Waals surface area (Å²) >= 11 is 0. The molecule has 0 aliphatic rings. The van der Waals surface area contributed by atoms with E-state index < -0.39 is 5.97 Å². The summed E-state index contributed by atoms with van der Waals surface area (Å²) in [5.41, 5.74) is 3.12. The van der Waals surface area contributed by atoms with Crippen molar-refractivity contribution in [3.05, 3.63) is 89.7 Å². The summed E-state index contributed by atoms with van der Waals surface area (Å²) in [6.07, 6.45) is 0. The minimum absolute atomic E-state index is 0.148. The number of carboxylic acid groups (broad SMARTS) is 1. The maximum absolute atomic E-state index is 13.0. The zero-order valence-corrected chi connectivity index (χ0v) is 13.4. The van der Waals surface area contributed by atoms with Gasteiger partial charge in [0.05, 0.1) is 11.3 Å². The third-order valence-electron chi connectivity index (χ3n) is 3.71. The molecule has 0 bridgehead atoms. The van der Waals surface area contributed by atoms with Gasteiger partial charge < -0.3 is 15.7 Å². The van der Waals surface area contributed by atoms with E-state index in [0.29, 0.717) is 17.9 Å². The fraction of sp³-hybridized carbons (Fsp3) is 0.0500. The molecule has 0 saturated carbocycles. The van der Waals surface area contributed by atoms with Crippen molar-refractivity contribution in [3.63, 3.8) is 0 Å². The molecule has 0 unspecified atom stereocenters. The van der Waals surface area contributed by atoms with E-state index in [4.69, 9.17) is 0 Å². The highest BCUT2D eigenvalue weighted by molar-refractivity contribution is 5.96. The Morgan fingerprint density at radius 1 is 0.920 bits per heavy atom. The number of benzene rings is 3. The van der Waals surface area contributed by atoms with Gasteiger partial charge in [-0.1, -0.05) is 30.3 Å². The molecule has 0 atom stereocenters. The fourth-order valence-corrected chi connectivity index (χ4v) is 2.43. The molecule has 0 amide bonds. The summed E-state index contributed by atoms with van der Waals surface area (Å²) in [6.45, 7) is 0.628. The minimum atomic E-state index is -1.03. The number of nitrogens with one attached hydrogen (secondary N) is 2. The van der Waals surface area contributed by atoms with E-state index in [0.717, 1.165) is 11.3 Å². The largest absolute Gasteiger partial charge is 0.478 e. The quantitative estimate of drug-likeness (QED) is 0.600. The third-order valence-corrected chi connectivity index (χ3v) is 3.71. The highest BCUT2D eigenvalue weighted by Gasteiger charge is 2.11. The predicted molar refractivity (Wildman–Crippen MR) is 96.9 cm³/mol. The Morgan fingerprint density at radius 3 is 2.28 bits per heavy atom. The minimum Gasteiger partial charge on any atom is -0.478 e. The lowest BCUT2D eigenvalue weighted by Crippen LogP contribution is -2.05. The number of rotatable bonds is 6. The Balaban J connectivity index is 1.81. The van der Waals surface area contributed by atoms with Gasteiger partial charge in [0.25, 0.3) is 0 Å². The van der Waals surface area contributed by atoms with Crippen LogP contribution >= 0.6 is 0 Å². The van der Waals surface area contributed by atoms with Gasteiger partial charge in [-0.05, 0) is 48.0 Å². The van der Waals surface area contributed by atoms with Gasteiger partial charge in [0, 0.05) is 17.9 Å². The molecule has 25 heavy (non-hydrogen) atoms. The molecule has 126 valence electrons. The van der Waals surface area contributed by atoms with Gasteiger partial charge >= 0.3 is 5.97 Å². The van der Waals surface area contributed by atoms with Gasteiger partial charge in [-0.2, -0.15) is 0 Å². The van der Waals surface area contributed by atoms with Crippen LogP contribution in [0.15, 0.2) is 72.8 Å². The molecule has 0 fully saturated rings. The number of anilines is 3. The van der Waals surface area contributed by atoms with Crippen LogP contribution in [0.5, 0.6) is 0 Å². The molecule has 3 N–H and O–H groups in total. The summed E-state index contributed by atoms with van der Waals surface area (Å²) in [5, 5.41) is 15.7. The molecule has 0 heterocycles. The molecule has 3 aromatic carbocycles. The van der Waals surface area contributed by atoms with Gasteiger partial charge in [0.15, 0.2) is 0 Å². The molecule has 0 spiro atoms. The first kappa shape index (κ1) is 16.5. The van der Waals surface area contributed by atoms with Crippen molar-refractivity contribution >= 4 is 23.0 Å². The lowest BCUT2D eigenvalue weighted by molar-refractivity contribution is 0.0698. The molecule has 0 saturated heterocycles. The van der Waals surface area contributed by atoms with Crippen LogP contribution in [-0.2, 0) is 6.54 Å². The molecular weight excluding hydrogens is 319 g/mol. The highest BCUT2D eigenvalue weighted by Crippen LogP contribution is 2.25. The third kappa shape index (κ3) is 4.35. The average Bonchev–Trinajstić information content (AvgIpc) is 2.63. The van der Waals surface area contributed by atoms with Gasteiger partial charge in [-0.25, -0.2) is 9.18 Å². The number of carboxylic acids is 1. The van der Waals surface area contributed by atoms with E-state index in [1.54, 1.807) is 30.3 Å². The SMILES string of the molecule is O=C(O)c1ccc(NCc2ccccc2)cc1Nc1ccc(F)cc1. The van der Waals surface area contributed by atoms with Gasteiger partial charge in [0.1, 0.15) is 5.82 Å². The maximum atomic E-state index is 13.0. The van der Waals surface area contributed by atoms with E-state index >= 15 is 0 Å². The molecule has 4 nitrogen and oxygen atoms in total. The second-order valence-electron chi connectivity index (χ2n) is 5.54. The summed E-state index contributed by atoms with van der Waals surface area (Å²) < 4.78 is 13.0. The second kappa shape index (κ2) is 7.49. The van der Waals surface area contributed by atoms with Crippen molar-refractivity contribution < 1.29 is 14.3 Å². The highest BCUT2D eigenvalue weighted by atomic mass is 19.1. The molecule has 0 radical (unpaired) electrons. The monoisotopic (exact) mass is 336 g/mol. The Bertz CT molecular complexity index is 865. The molecule has 0 aliphatic carbocycles. The predicted octanol–water partition coefficient (Wildman–Crippen LogP) is 4.88. The van der Waals surface area contributed by atoms with E-state index in [2.05, 4.69) is 10.6 Å². The summed E-state index contributed by atoms with van der Waals surface area (Å²) in [4.78, 5) is 11.4. The van der Waals surface area contributed by atoms with Crippen LogP contribution < -0.4 is 10.6 Å². The standard InChI is InChI=1S/C20H17FN2O2/c21-15-6-8-16(9-7-15)23-19-12-17(10-11-18(19)20(24)25)22-13-14-4-2-1-3-5-14/h1-12,22-23H,13H2,(H,24,25). The summed E-state index contributed by atoms with van der Waals surface area (Å²) in [5.74, 6) is -1.37. The number of aromatic carboxylic acids is 1. The van der Waals surface area contributed by atoms with Crippen molar-refractivity contribution in [1.29, 1.82) is 0 Å². The van der Waals surface area contributed by atoms with Crippen LogP contribution in [0, 0.1) is 5.82 Å². The summed E-state index contributed by atoms with van der Waals surface area (Å²) in [7, 11) is 0. The van der Waals surface area contributed by atoms with Crippen LogP contribution in [0.4, 0.5) is 21.5 Å². The van der Waals surface area contributed by atoms with Crippen LogP contribution in [0.2, 0.25) is 0 Å². The Hall–Kier alpha value is -3.34. The first-order chi connectivity index (χ1) is 12.1. The van der Waals surface area contributed by atoms with Crippen LogP contribution in [0.1, 0.15) is 15.9 Å². The van der Waals surface area contributed by atoms with Crippen molar-refractivity contribution in [2.75, 3.05) is 10.6 Å². The molecule has 5 heteroatoms. The lowest BCUT2D eigenvalue weighted by atomic mass is 10.1. The zero-order valence-electron chi connectivity index (χ0n) is 13.4. The first-order valence-corrected chi connectivity index (χ1v) is 7.79. The Morgan fingerprint density at radius 2 is 1.60 bits per heavy atom. The topological polar surface area (TPSA) is 61.4 Å². The van der Waals surface area contributed by atoms with E-state index in [1.165, 1.54) is 12.1 Å². The number of hydrogen-bond acceptors (Lipinski definition) is 3. The van der Waals surface area contributed by atoms with Crippen molar-refractivity contribution in [1.82, 2.24) is 0 Å². The van der Waals surface area contributed by atoms with Crippen molar-refractivity contribution in [2.45, 2.75) is 6.54 Å². The summed E-state index contributed by atoms with van der Waals surface area (Å²) in [6, 6.07) is 20.7. The van der Waals surface area contributed by atoms with Crippen molar-refractivity contribution in [2.24, 2.45) is 0 Å². The normalized spacial score (nSPS) is 10.3. The molecular formula is C20H17FN2O2. The average molecular weight is 336 g/mol. The Kier molecular flexibility index (Phi) is 4.95. The molecule has 3 aromatic rings. The van der Waals surface area contributed by atoms with E-state index in [1.807, 2.05) is 30.3 Å². The molecule has 0 aliphatic heterocycles. The van der Waals surface area contributed by atoms with Crippen LogP contribution in [0.25, 0.3) is 0 Å². The molecule has 0 aromatic heterocycles. The zero-order chi connectivity index (χ0) is 17.6. The van der Waals surface area contributed by atoms with E-state index in [9.17, 15) is 14.3 Å². The second-order valence-corrected chi connectivity index (χ2v) is 5.54. The van der Waals surface area contributed by atoms with Crippen LogP contribution in [-0.4, -0.2) is 11.1 Å². The maximum Gasteiger partial charge on any atom is 0.337 e. The van der Waals surface area contributed by atoms with Gasteiger partial charge in [-0.3, -0.25) is 0 Å². The van der Waals surface area contributed by atoms with Crippen molar-refractivity contribution in [3.8, 4) is 0 Å². The number of halogens is 1. The van der Waals surface area contributed by atoms with Gasteiger partial charge in [-0.15, -0.1) is 0 Å². The van der Waals surface area contributed by atoms with Crippen LogP contribution in [0.3, 0.4) is 0 Å². The Labute approximate surface area is 144 Å². The number of carbonyl (C=O) groups is 1. The lowest BCUT2D eigenvalue weighted by Gasteiger charge is -2.13. The smallest absolute Gasteiger partial charge is 0.337 e.